The second-order valence-corrected chi connectivity index (χ2v) is 6.98. The maximum atomic E-state index is 12.3. The van der Waals surface area contributed by atoms with Crippen molar-refractivity contribution < 1.29 is 4.21 Å². The lowest BCUT2D eigenvalue weighted by molar-refractivity contribution is 0.343. The van der Waals surface area contributed by atoms with Gasteiger partial charge in [-0.1, -0.05) is 45.9 Å². The second-order valence-electron chi connectivity index (χ2n) is 5.20. The summed E-state index contributed by atoms with van der Waals surface area (Å²) in [4.78, 5) is 1.01. The molecular formula is C14H21NOS. The highest BCUT2D eigenvalue weighted by Gasteiger charge is 2.36. The van der Waals surface area contributed by atoms with Gasteiger partial charge in [0.05, 0.1) is 10.8 Å². The third kappa shape index (κ3) is 2.31. The lowest BCUT2D eigenvalue weighted by atomic mass is 9.91. The quantitative estimate of drug-likeness (QED) is 0.875. The van der Waals surface area contributed by atoms with Crippen LogP contribution in [0.25, 0.3) is 0 Å². The van der Waals surface area contributed by atoms with Crippen LogP contribution in [-0.4, -0.2) is 15.5 Å². The first-order valence-electron chi connectivity index (χ1n) is 6.28. The summed E-state index contributed by atoms with van der Waals surface area (Å²) in [5, 5.41) is 3.81. The molecule has 0 saturated heterocycles. The number of rotatable bonds is 2. The molecule has 2 rings (SSSR count). The van der Waals surface area contributed by atoms with Crippen LogP contribution in [0, 0.1) is 5.92 Å². The molecule has 1 aromatic carbocycles. The summed E-state index contributed by atoms with van der Waals surface area (Å²) in [5.41, 5.74) is 1.21. The predicted molar refractivity (Wildman–Crippen MR) is 72.5 cm³/mol. The molecule has 0 fully saturated rings. The van der Waals surface area contributed by atoms with E-state index in [9.17, 15) is 4.21 Å². The molecule has 0 radical (unpaired) electrons. The minimum absolute atomic E-state index is 0.209. The lowest BCUT2D eigenvalue weighted by Gasteiger charge is -2.37. The van der Waals surface area contributed by atoms with E-state index in [1.165, 1.54) is 5.56 Å². The van der Waals surface area contributed by atoms with Crippen LogP contribution in [0.15, 0.2) is 29.2 Å². The van der Waals surface area contributed by atoms with Crippen molar-refractivity contribution in [3.05, 3.63) is 29.8 Å². The molecule has 2 nitrogen and oxygen atoms in total. The van der Waals surface area contributed by atoms with E-state index in [2.05, 4.69) is 39.1 Å². The largest absolute Gasteiger partial charge is 0.307 e. The number of hydrogen-bond donors (Lipinski definition) is 1. The highest BCUT2D eigenvalue weighted by Crippen LogP contribution is 2.37. The summed E-state index contributed by atoms with van der Waals surface area (Å²) in [6, 6.07) is 8.88. The molecule has 0 bridgehead atoms. The monoisotopic (exact) mass is 251 g/mol. The molecule has 0 amide bonds. The normalized spacial score (nSPS) is 32.5. The predicted octanol–water partition coefficient (Wildman–Crippen LogP) is 2.87. The Morgan fingerprint density at radius 2 is 1.88 bits per heavy atom. The highest BCUT2D eigenvalue weighted by atomic mass is 32.2. The molecule has 1 aliphatic rings. The van der Waals surface area contributed by atoms with Crippen molar-refractivity contribution in [1.82, 2.24) is 5.32 Å². The van der Waals surface area contributed by atoms with Gasteiger partial charge in [0.2, 0.25) is 0 Å². The van der Waals surface area contributed by atoms with E-state index in [0.717, 1.165) is 4.90 Å². The lowest BCUT2D eigenvalue weighted by Crippen LogP contribution is -2.41. The Labute approximate surface area is 106 Å². The fourth-order valence-corrected chi connectivity index (χ4v) is 4.06. The van der Waals surface area contributed by atoms with Gasteiger partial charge in [0, 0.05) is 22.2 Å². The third-order valence-electron chi connectivity index (χ3n) is 3.59. The summed E-state index contributed by atoms with van der Waals surface area (Å²) in [5.74, 6) is 0.396. The van der Waals surface area contributed by atoms with E-state index < -0.39 is 10.8 Å². The Kier molecular flexibility index (Phi) is 3.69. The Hall–Kier alpha value is -0.670. The van der Waals surface area contributed by atoms with E-state index in [1.54, 1.807) is 0 Å². The Morgan fingerprint density at radius 3 is 2.53 bits per heavy atom. The molecule has 17 heavy (non-hydrogen) atoms. The van der Waals surface area contributed by atoms with E-state index in [4.69, 9.17) is 0 Å². The first kappa shape index (κ1) is 12.8. The molecule has 0 aromatic heterocycles. The first-order valence-corrected chi connectivity index (χ1v) is 7.49. The smallest absolute Gasteiger partial charge is 0.0564 e. The van der Waals surface area contributed by atoms with E-state index >= 15 is 0 Å². The van der Waals surface area contributed by atoms with Crippen molar-refractivity contribution in [2.24, 2.45) is 5.92 Å². The third-order valence-corrected chi connectivity index (χ3v) is 5.50. The number of nitrogens with one attached hydrogen (secondary N) is 1. The average molecular weight is 251 g/mol. The number of fused-ring (bicyclic) bond motifs is 1. The van der Waals surface area contributed by atoms with Crippen LogP contribution in [0.5, 0.6) is 0 Å². The van der Waals surface area contributed by atoms with Crippen LogP contribution in [0.3, 0.4) is 0 Å². The van der Waals surface area contributed by atoms with Gasteiger partial charge in [-0.2, -0.15) is 0 Å². The molecule has 4 atom stereocenters. The minimum Gasteiger partial charge on any atom is -0.307 e. The molecular weight excluding hydrogens is 230 g/mol. The standard InChI is InChI=1S/C14H21NOS/c1-9(2)15-14-10(3)11(4)17(16)13-8-6-5-7-12(13)14/h5-11,14-15H,1-4H3. The van der Waals surface area contributed by atoms with Crippen molar-refractivity contribution in [1.29, 1.82) is 0 Å². The molecule has 0 spiro atoms. The van der Waals surface area contributed by atoms with Crippen LogP contribution < -0.4 is 5.32 Å². The van der Waals surface area contributed by atoms with Crippen LogP contribution >= 0.6 is 0 Å². The van der Waals surface area contributed by atoms with Crippen molar-refractivity contribution in [3.63, 3.8) is 0 Å². The summed E-state index contributed by atoms with van der Waals surface area (Å²) in [6.45, 7) is 8.60. The zero-order valence-corrected chi connectivity index (χ0v) is 11.8. The fraction of sp³-hybridized carbons (Fsp3) is 0.571. The van der Waals surface area contributed by atoms with Gasteiger partial charge in [0.25, 0.3) is 0 Å². The van der Waals surface area contributed by atoms with Crippen molar-refractivity contribution in [2.45, 2.75) is 49.9 Å². The SMILES string of the molecule is CC(C)NC1c2ccccc2S(=O)C(C)C1C. The van der Waals surface area contributed by atoms with Gasteiger partial charge in [-0.05, 0) is 17.5 Å². The summed E-state index contributed by atoms with van der Waals surface area (Å²) >= 11 is 0. The van der Waals surface area contributed by atoms with Gasteiger partial charge < -0.3 is 5.32 Å². The van der Waals surface area contributed by atoms with Gasteiger partial charge in [-0.25, -0.2) is 0 Å². The number of benzene rings is 1. The molecule has 1 aromatic rings. The molecule has 0 saturated carbocycles. The maximum Gasteiger partial charge on any atom is 0.0564 e. The van der Waals surface area contributed by atoms with Gasteiger partial charge in [0.1, 0.15) is 0 Å². The van der Waals surface area contributed by atoms with Gasteiger partial charge in [0.15, 0.2) is 0 Å². The Bertz CT molecular complexity index is 430. The van der Waals surface area contributed by atoms with Crippen molar-refractivity contribution in [3.8, 4) is 0 Å². The van der Waals surface area contributed by atoms with Gasteiger partial charge in [-0.15, -0.1) is 0 Å². The van der Waals surface area contributed by atoms with Crippen molar-refractivity contribution >= 4 is 10.8 Å². The van der Waals surface area contributed by atoms with Crippen LogP contribution in [0.2, 0.25) is 0 Å². The second kappa shape index (κ2) is 4.91. The molecule has 1 heterocycles. The highest BCUT2D eigenvalue weighted by molar-refractivity contribution is 7.85. The van der Waals surface area contributed by atoms with E-state index in [1.807, 2.05) is 18.2 Å². The first-order chi connectivity index (χ1) is 8.02. The zero-order chi connectivity index (χ0) is 12.6. The van der Waals surface area contributed by atoms with Gasteiger partial charge >= 0.3 is 0 Å². The van der Waals surface area contributed by atoms with E-state index in [0.29, 0.717) is 18.0 Å². The Balaban J connectivity index is 2.45. The molecule has 1 N–H and O–H groups in total. The summed E-state index contributed by atoms with van der Waals surface area (Å²) in [6.07, 6.45) is 0. The van der Waals surface area contributed by atoms with Crippen LogP contribution in [-0.2, 0) is 10.8 Å². The molecule has 0 aliphatic carbocycles. The fourth-order valence-electron chi connectivity index (χ4n) is 2.47. The Morgan fingerprint density at radius 1 is 1.24 bits per heavy atom. The molecule has 4 unspecified atom stereocenters. The average Bonchev–Trinajstić information content (AvgIpc) is 2.31. The van der Waals surface area contributed by atoms with E-state index in [-0.39, 0.29) is 5.25 Å². The topological polar surface area (TPSA) is 29.1 Å². The summed E-state index contributed by atoms with van der Waals surface area (Å²) in [7, 11) is -0.866. The zero-order valence-electron chi connectivity index (χ0n) is 10.9. The number of hydrogen-bond acceptors (Lipinski definition) is 2. The molecule has 1 aliphatic heterocycles. The molecule has 3 heteroatoms. The van der Waals surface area contributed by atoms with Crippen molar-refractivity contribution in [2.75, 3.05) is 0 Å². The minimum atomic E-state index is -0.866. The van der Waals surface area contributed by atoms with Crippen LogP contribution in [0.4, 0.5) is 0 Å². The summed E-state index contributed by atoms with van der Waals surface area (Å²) < 4.78 is 12.3. The maximum absolute atomic E-state index is 12.3. The molecule has 94 valence electrons. The van der Waals surface area contributed by atoms with Gasteiger partial charge in [-0.3, -0.25) is 4.21 Å². The van der Waals surface area contributed by atoms with Crippen LogP contribution in [0.1, 0.15) is 39.3 Å².